The molecule has 0 saturated carbocycles. The van der Waals surface area contributed by atoms with Gasteiger partial charge in [0.1, 0.15) is 0 Å². The van der Waals surface area contributed by atoms with Gasteiger partial charge in [-0.3, -0.25) is 4.79 Å². The van der Waals surface area contributed by atoms with E-state index in [1.165, 1.54) is 12.8 Å². The summed E-state index contributed by atoms with van der Waals surface area (Å²) in [5.41, 5.74) is 8.11. The quantitative estimate of drug-likeness (QED) is 0.803. The fraction of sp³-hybridized carbons (Fsp3) is 0.500. The number of nitrogens with zero attached hydrogens (tertiary/aromatic N) is 1. The van der Waals surface area contributed by atoms with Crippen molar-refractivity contribution in [3.63, 3.8) is 0 Å². The summed E-state index contributed by atoms with van der Waals surface area (Å²) < 4.78 is 0. The predicted octanol–water partition coefficient (Wildman–Crippen LogP) is 2.01. The summed E-state index contributed by atoms with van der Waals surface area (Å²) in [6.45, 7) is 5.96. The van der Waals surface area contributed by atoms with Gasteiger partial charge in [-0.15, -0.1) is 0 Å². The molecule has 1 fully saturated rings. The van der Waals surface area contributed by atoms with Gasteiger partial charge in [-0.25, -0.2) is 0 Å². The minimum absolute atomic E-state index is 0.0424. The second-order valence-electron chi connectivity index (χ2n) is 5.10. The molecule has 0 spiro atoms. The largest absolute Gasteiger partial charge is 0.399 e. The molecule has 18 heavy (non-hydrogen) atoms. The van der Waals surface area contributed by atoms with Gasteiger partial charge in [0, 0.05) is 30.5 Å². The number of anilines is 2. The van der Waals surface area contributed by atoms with Crippen LogP contribution in [0, 0.1) is 0 Å². The Labute approximate surface area is 108 Å². The van der Waals surface area contributed by atoms with Gasteiger partial charge in [-0.2, -0.15) is 0 Å². The lowest BCUT2D eigenvalue weighted by atomic mass is 10.1. The van der Waals surface area contributed by atoms with Crippen molar-refractivity contribution in [3.8, 4) is 0 Å². The Hall–Kier alpha value is -1.71. The summed E-state index contributed by atoms with van der Waals surface area (Å²) >= 11 is 0. The van der Waals surface area contributed by atoms with Crippen LogP contribution in [0.1, 0.15) is 37.0 Å². The fourth-order valence-electron chi connectivity index (χ4n) is 2.31. The normalized spacial score (nSPS) is 15.2. The Morgan fingerprint density at radius 2 is 2.00 bits per heavy atom. The van der Waals surface area contributed by atoms with Crippen molar-refractivity contribution in [1.82, 2.24) is 5.32 Å². The van der Waals surface area contributed by atoms with Crippen molar-refractivity contribution in [1.29, 1.82) is 0 Å². The Balaban J connectivity index is 2.31. The molecule has 1 aromatic rings. The predicted molar refractivity (Wildman–Crippen MR) is 74.9 cm³/mol. The van der Waals surface area contributed by atoms with E-state index in [2.05, 4.69) is 10.2 Å². The molecular weight excluding hydrogens is 226 g/mol. The summed E-state index contributed by atoms with van der Waals surface area (Å²) in [5, 5.41) is 2.93. The lowest BCUT2D eigenvalue weighted by molar-refractivity contribution is 0.0943. The number of carbonyl (C=O) groups excluding carboxylic acids is 1. The number of nitrogen functional groups attached to an aromatic ring is 1. The topological polar surface area (TPSA) is 58.4 Å². The van der Waals surface area contributed by atoms with Gasteiger partial charge >= 0.3 is 0 Å². The van der Waals surface area contributed by atoms with E-state index >= 15 is 0 Å². The first-order valence-electron chi connectivity index (χ1n) is 6.53. The molecule has 0 bridgehead atoms. The molecule has 1 saturated heterocycles. The maximum atomic E-state index is 12.2. The van der Waals surface area contributed by atoms with Gasteiger partial charge in [-0.1, -0.05) is 0 Å². The lowest BCUT2D eigenvalue weighted by Gasteiger charge is -2.22. The van der Waals surface area contributed by atoms with Crippen molar-refractivity contribution in [2.75, 3.05) is 23.7 Å². The molecule has 1 amide bonds. The number of nitrogens with two attached hydrogens (primary N) is 1. The van der Waals surface area contributed by atoms with E-state index in [-0.39, 0.29) is 11.9 Å². The zero-order valence-electron chi connectivity index (χ0n) is 11.1. The number of benzene rings is 1. The zero-order chi connectivity index (χ0) is 13.1. The first-order valence-corrected chi connectivity index (χ1v) is 6.53. The molecule has 0 radical (unpaired) electrons. The maximum absolute atomic E-state index is 12.2. The Bertz CT molecular complexity index is 437. The van der Waals surface area contributed by atoms with Gasteiger partial charge in [0.05, 0.1) is 5.56 Å². The molecule has 0 atom stereocenters. The van der Waals surface area contributed by atoms with Gasteiger partial charge in [0.25, 0.3) is 5.91 Å². The van der Waals surface area contributed by atoms with Crippen LogP contribution in [0.5, 0.6) is 0 Å². The molecule has 1 heterocycles. The molecule has 98 valence electrons. The van der Waals surface area contributed by atoms with Crippen molar-refractivity contribution in [2.24, 2.45) is 0 Å². The Morgan fingerprint density at radius 1 is 1.33 bits per heavy atom. The SMILES string of the molecule is CC(C)NC(=O)c1cc(N)ccc1N1CCCC1. The van der Waals surface area contributed by atoms with E-state index in [0.29, 0.717) is 11.3 Å². The minimum Gasteiger partial charge on any atom is -0.399 e. The molecule has 2 rings (SSSR count). The Morgan fingerprint density at radius 3 is 2.61 bits per heavy atom. The van der Waals surface area contributed by atoms with Crippen LogP contribution < -0.4 is 16.0 Å². The maximum Gasteiger partial charge on any atom is 0.253 e. The number of hydrogen-bond donors (Lipinski definition) is 2. The van der Waals surface area contributed by atoms with Crippen molar-refractivity contribution in [3.05, 3.63) is 23.8 Å². The van der Waals surface area contributed by atoms with Crippen LogP contribution in [-0.2, 0) is 0 Å². The molecular formula is C14H21N3O. The van der Waals surface area contributed by atoms with E-state index in [9.17, 15) is 4.79 Å². The lowest BCUT2D eigenvalue weighted by Crippen LogP contribution is -2.32. The van der Waals surface area contributed by atoms with E-state index in [1.807, 2.05) is 26.0 Å². The summed E-state index contributed by atoms with van der Waals surface area (Å²) in [6.07, 6.45) is 2.38. The minimum atomic E-state index is -0.0424. The van der Waals surface area contributed by atoms with E-state index in [1.54, 1.807) is 6.07 Å². The molecule has 0 aromatic heterocycles. The first-order chi connectivity index (χ1) is 8.58. The third kappa shape index (κ3) is 2.75. The number of rotatable bonds is 3. The van der Waals surface area contributed by atoms with Crippen LogP contribution in [0.4, 0.5) is 11.4 Å². The smallest absolute Gasteiger partial charge is 0.253 e. The number of nitrogens with one attached hydrogen (secondary N) is 1. The molecule has 1 aliphatic heterocycles. The van der Waals surface area contributed by atoms with Crippen LogP contribution >= 0.6 is 0 Å². The molecule has 4 nitrogen and oxygen atoms in total. The highest BCUT2D eigenvalue weighted by Crippen LogP contribution is 2.26. The van der Waals surface area contributed by atoms with Crippen LogP contribution in [0.3, 0.4) is 0 Å². The van der Waals surface area contributed by atoms with Crippen molar-refractivity contribution in [2.45, 2.75) is 32.7 Å². The number of hydrogen-bond acceptors (Lipinski definition) is 3. The van der Waals surface area contributed by atoms with Crippen LogP contribution in [0.25, 0.3) is 0 Å². The van der Waals surface area contributed by atoms with Crippen molar-refractivity contribution < 1.29 is 4.79 Å². The third-order valence-corrected chi connectivity index (χ3v) is 3.13. The summed E-state index contributed by atoms with van der Waals surface area (Å²) in [5.74, 6) is -0.0424. The van der Waals surface area contributed by atoms with E-state index in [0.717, 1.165) is 18.8 Å². The molecule has 0 aliphatic carbocycles. The average Bonchev–Trinajstić information content (AvgIpc) is 2.81. The molecule has 0 unspecified atom stereocenters. The molecule has 1 aliphatic rings. The zero-order valence-corrected chi connectivity index (χ0v) is 11.1. The Kier molecular flexibility index (Phi) is 3.75. The van der Waals surface area contributed by atoms with Crippen LogP contribution in [0.15, 0.2) is 18.2 Å². The monoisotopic (exact) mass is 247 g/mol. The number of amides is 1. The summed E-state index contributed by atoms with van der Waals surface area (Å²) in [6, 6.07) is 5.71. The fourth-order valence-corrected chi connectivity index (χ4v) is 2.31. The molecule has 3 N–H and O–H groups in total. The van der Waals surface area contributed by atoms with Crippen LogP contribution in [0.2, 0.25) is 0 Å². The highest BCUT2D eigenvalue weighted by atomic mass is 16.1. The van der Waals surface area contributed by atoms with Gasteiger partial charge in [0.2, 0.25) is 0 Å². The van der Waals surface area contributed by atoms with Crippen LogP contribution in [-0.4, -0.2) is 25.0 Å². The third-order valence-electron chi connectivity index (χ3n) is 3.13. The second kappa shape index (κ2) is 5.29. The van der Waals surface area contributed by atoms with Gasteiger partial charge in [-0.05, 0) is 44.9 Å². The summed E-state index contributed by atoms with van der Waals surface area (Å²) in [4.78, 5) is 14.5. The number of carbonyl (C=O) groups is 1. The molecule has 4 heteroatoms. The highest BCUT2D eigenvalue weighted by Gasteiger charge is 2.19. The van der Waals surface area contributed by atoms with E-state index in [4.69, 9.17) is 5.73 Å². The van der Waals surface area contributed by atoms with Crippen molar-refractivity contribution >= 4 is 17.3 Å². The summed E-state index contributed by atoms with van der Waals surface area (Å²) in [7, 11) is 0. The first kappa shape index (κ1) is 12.7. The van der Waals surface area contributed by atoms with E-state index < -0.39 is 0 Å². The standard InChI is InChI=1S/C14H21N3O/c1-10(2)16-14(18)12-9-11(15)5-6-13(12)17-7-3-4-8-17/h5-6,9-10H,3-4,7-8,15H2,1-2H3,(H,16,18). The van der Waals surface area contributed by atoms with Gasteiger partial charge < -0.3 is 16.0 Å². The van der Waals surface area contributed by atoms with Gasteiger partial charge in [0.15, 0.2) is 0 Å². The average molecular weight is 247 g/mol. The molecule has 1 aromatic carbocycles. The second-order valence-corrected chi connectivity index (χ2v) is 5.10. The highest BCUT2D eigenvalue weighted by molar-refractivity contribution is 6.00.